The van der Waals surface area contributed by atoms with Gasteiger partial charge in [0.25, 0.3) is 11.2 Å². The zero-order chi connectivity index (χ0) is 14.8. The molecule has 0 unspecified atom stereocenters. The van der Waals surface area contributed by atoms with Crippen molar-refractivity contribution >= 4 is 17.0 Å². The van der Waals surface area contributed by atoms with Crippen molar-refractivity contribution in [2.75, 3.05) is 0 Å². The largest absolute Gasteiger partial charge is 0.337 e. The van der Waals surface area contributed by atoms with Crippen LogP contribution in [0.15, 0.2) is 45.2 Å². The van der Waals surface area contributed by atoms with E-state index in [9.17, 15) is 14.9 Å². The predicted octanol–water partition coefficient (Wildman–Crippen LogP) is 1.92. The Morgan fingerprint density at radius 3 is 2.95 bits per heavy atom. The topological polar surface area (TPSA) is 104 Å². The number of aromatic nitrogens is 3. The molecule has 106 valence electrons. The molecule has 3 rings (SSSR count). The summed E-state index contributed by atoms with van der Waals surface area (Å²) < 4.78 is 6.22. The predicted molar refractivity (Wildman–Crippen MR) is 74.1 cm³/mol. The fraction of sp³-hybridized carbons (Fsp3) is 0.0833. The second kappa shape index (κ2) is 5.29. The summed E-state index contributed by atoms with van der Waals surface area (Å²) in [5.41, 5.74) is -0.552. The zero-order valence-corrected chi connectivity index (χ0v) is 11.3. The van der Waals surface area contributed by atoms with E-state index in [4.69, 9.17) is 4.52 Å². The van der Waals surface area contributed by atoms with Crippen LogP contribution in [-0.4, -0.2) is 19.6 Å². The first-order chi connectivity index (χ1) is 10.1. The first-order valence-corrected chi connectivity index (χ1v) is 6.73. The lowest BCUT2D eigenvalue weighted by molar-refractivity contribution is -0.385. The molecule has 21 heavy (non-hydrogen) atoms. The Balaban J connectivity index is 1.89. The van der Waals surface area contributed by atoms with E-state index in [0.29, 0.717) is 5.82 Å². The standard InChI is InChI=1S/C12H8N4O4S/c17-11-4-3-8(16(18)19)6-15(11)7-10-13-12(14-20-10)9-2-1-5-21-9/h1-6H,7H2. The first-order valence-electron chi connectivity index (χ1n) is 5.85. The molecule has 0 aromatic carbocycles. The van der Waals surface area contributed by atoms with Crippen LogP contribution in [-0.2, 0) is 6.54 Å². The van der Waals surface area contributed by atoms with Crippen molar-refractivity contribution in [3.8, 4) is 10.7 Å². The molecule has 0 aliphatic rings. The van der Waals surface area contributed by atoms with E-state index >= 15 is 0 Å². The van der Waals surface area contributed by atoms with Crippen molar-refractivity contribution in [1.29, 1.82) is 0 Å². The minimum atomic E-state index is -0.569. The maximum atomic E-state index is 11.7. The van der Waals surface area contributed by atoms with Crippen LogP contribution in [0.4, 0.5) is 5.69 Å². The highest BCUT2D eigenvalue weighted by atomic mass is 32.1. The van der Waals surface area contributed by atoms with Crippen LogP contribution < -0.4 is 5.56 Å². The molecule has 3 aromatic heterocycles. The van der Waals surface area contributed by atoms with E-state index in [1.807, 2.05) is 17.5 Å². The van der Waals surface area contributed by atoms with Crippen molar-refractivity contribution in [3.05, 3.63) is 62.2 Å². The van der Waals surface area contributed by atoms with Crippen LogP contribution in [0.1, 0.15) is 5.89 Å². The summed E-state index contributed by atoms with van der Waals surface area (Å²) in [5.74, 6) is 0.638. The van der Waals surface area contributed by atoms with Crippen LogP contribution >= 0.6 is 11.3 Å². The molecule has 0 N–H and O–H groups in total. The van der Waals surface area contributed by atoms with Gasteiger partial charge in [0.2, 0.25) is 11.7 Å². The number of thiophene rings is 1. The van der Waals surface area contributed by atoms with E-state index in [1.165, 1.54) is 11.3 Å². The van der Waals surface area contributed by atoms with Crippen LogP contribution in [0.2, 0.25) is 0 Å². The van der Waals surface area contributed by atoms with Crippen molar-refractivity contribution in [2.24, 2.45) is 0 Å². The third-order valence-electron chi connectivity index (χ3n) is 2.69. The van der Waals surface area contributed by atoms with E-state index < -0.39 is 4.92 Å². The Bertz CT molecular complexity index is 837. The third kappa shape index (κ3) is 2.72. The summed E-state index contributed by atoms with van der Waals surface area (Å²) in [7, 11) is 0. The fourth-order valence-electron chi connectivity index (χ4n) is 1.72. The van der Waals surface area contributed by atoms with Gasteiger partial charge in [-0.2, -0.15) is 4.98 Å². The molecule has 0 fully saturated rings. The summed E-state index contributed by atoms with van der Waals surface area (Å²) in [6, 6.07) is 6.00. The molecule has 0 bridgehead atoms. The fourth-order valence-corrected chi connectivity index (χ4v) is 2.37. The highest BCUT2D eigenvalue weighted by Crippen LogP contribution is 2.21. The molecule has 0 saturated carbocycles. The molecule has 3 aromatic rings. The summed E-state index contributed by atoms with van der Waals surface area (Å²) in [4.78, 5) is 26.8. The second-order valence-corrected chi connectivity index (χ2v) is 5.05. The molecular formula is C12H8N4O4S. The summed E-state index contributed by atoms with van der Waals surface area (Å²) in [6.07, 6.45) is 1.15. The molecule has 0 spiro atoms. The van der Waals surface area contributed by atoms with Crippen molar-refractivity contribution < 1.29 is 9.45 Å². The molecule has 0 atom stereocenters. The lowest BCUT2D eigenvalue weighted by Gasteiger charge is -2.00. The summed E-state index contributed by atoms with van der Waals surface area (Å²) >= 11 is 1.46. The highest BCUT2D eigenvalue weighted by Gasteiger charge is 2.13. The van der Waals surface area contributed by atoms with Crippen LogP contribution in [0, 0.1) is 10.1 Å². The number of rotatable bonds is 4. The minimum absolute atomic E-state index is 0.0150. The molecule has 9 heteroatoms. The number of nitrogens with zero attached hydrogens (tertiary/aromatic N) is 4. The summed E-state index contributed by atoms with van der Waals surface area (Å²) in [6.45, 7) is -0.0150. The summed E-state index contributed by atoms with van der Waals surface area (Å²) in [5, 5.41) is 16.4. The molecular weight excluding hydrogens is 296 g/mol. The number of nitro groups is 1. The number of pyridine rings is 1. The van der Waals surface area contributed by atoms with Gasteiger partial charge in [-0.3, -0.25) is 19.5 Å². The van der Waals surface area contributed by atoms with E-state index in [1.54, 1.807) is 0 Å². The van der Waals surface area contributed by atoms with Gasteiger partial charge in [0.1, 0.15) is 6.54 Å². The van der Waals surface area contributed by atoms with Gasteiger partial charge in [-0.15, -0.1) is 11.3 Å². The zero-order valence-electron chi connectivity index (χ0n) is 10.5. The Hall–Kier alpha value is -2.81. The normalized spacial score (nSPS) is 10.7. The van der Waals surface area contributed by atoms with E-state index in [-0.39, 0.29) is 23.7 Å². The van der Waals surface area contributed by atoms with Gasteiger partial charge in [0.05, 0.1) is 16.0 Å². The monoisotopic (exact) mass is 304 g/mol. The highest BCUT2D eigenvalue weighted by molar-refractivity contribution is 7.13. The van der Waals surface area contributed by atoms with Crippen molar-refractivity contribution in [3.63, 3.8) is 0 Å². The van der Waals surface area contributed by atoms with Gasteiger partial charge >= 0.3 is 0 Å². The van der Waals surface area contributed by atoms with Crippen LogP contribution in [0.25, 0.3) is 10.7 Å². The van der Waals surface area contributed by atoms with Crippen LogP contribution in [0.5, 0.6) is 0 Å². The SMILES string of the molecule is O=c1ccc([N+](=O)[O-])cn1Cc1nc(-c2cccs2)no1. The molecule has 3 heterocycles. The van der Waals surface area contributed by atoms with Crippen molar-refractivity contribution in [2.45, 2.75) is 6.54 Å². The third-order valence-corrected chi connectivity index (χ3v) is 3.56. The average Bonchev–Trinajstić information content (AvgIpc) is 3.11. The lowest BCUT2D eigenvalue weighted by Crippen LogP contribution is -2.19. The van der Waals surface area contributed by atoms with Gasteiger partial charge in [-0.1, -0.05) is 11.2 Å². The molecule has 0 amide bonds. The number of hydrogen-bond acceptors (Lipinski definition) is 7. The quantitative estimate of drug-likeness (QED) is 0.538. The maximum Gasteiger partial charge on any atom is 0.285 e. The average molecular weight is 304 g/mol. The van der Waals surface area contributed by atoms with E-state index in [2.05, 4.69) is 10.1 Å². The van der Waals surface area contributed by atoms with Gasteiger partial charge in [-0.25, -0.2) is 0 Å². The number of hydrogen-bond donors (Lipinski definition) is 0. The Kier molecular flexibility index (Phi) is 3.32. The van der Waals surface area contributed by atoms with Gasteiger partial charge in [0, 0.05) is 12.1 Å². The molecule has 8 nitrogen and oxygen atoms in total. The smallest absolute Gasteiger partial charge is 0.285 e. The lowest BCUT2D eigenvalue weighted by atomic mass is 10.4. The Morgan fingerprint density at radius 2 is 2.24 bits per heavy atom. The molecule has 0 saturated heterocycles. The van der Waals surface area contributed by atoms with Gasteiger partial charge in [0.15, 0.2) is 0 Å². The van der Waals surface area contributed by atoms with Crippen LogP contribution in [0.3, 0.4) is 0 Å². The van der Waals surface area contributed by atoms with E-state index in [0.717, 1.165) is 27.8 Å². The minimum Gasteiger partial charge on any atom is -0.337 e. The Labute approximate surface area is 121 Å². The second-order valence-electron chi connectivity index (χ2n) is 4.10. The van der Waals surface area contributed by atoms with Gasteiger partial charge < -0.3 is 4.52 Å². The Morgan fingerprint density at radius 1 is 1.38 bits per heavy atom. The van der Waals surface area contributed by atoms with Gasteiger partial charge in [-0.05, 0) is 11.4 Å². The molecule has 0 aliphatic carbocycles. The molecule has 0 aliphatic heterocycles. The maximum absolute atomic E-state index is 11.7. The molecule has 0 radical (unpaired) electrons. The first kappa shape index (κ1) is 13.2. The van der Waals surface area contributed by atoms with Crippen molar-refractivity contribution in [1.82, 2.24) is 14.7 Å².